The summed E-state index contributed by atoms with van der Waals surface area (Å²) >= 11 is 1.65. The second kappa shape index (κ2) is 3.75. The van der Waals surface area contributed by atoms with Crippen molar-refractivity contribution in [2.24, 2.45) is 0 Å². The van der Waals surface area contributed by atoms with E-state index in [4.69, 9.17) is 5.11 Å². The zero-order chi connectivity index (χ0) is 11.8. The molecule has 0 fully saturated rings. The molecule has 0 bridgehead atoms. The molecule has 0 aliphatic heterocycles. The maximum Gasteiger partial charge on any atom is 0.352 e. The molecule has 3 nitrogen and oxygen atoms in total. The molecule has 3 aromatic rings. The molecular weight excluding hydrogens is 234 g/mol. The van der Waals surface area contributed by atoms with Crippen LogP contribution in [-0.2, 0) is 0 Å². The Labute approximate surface area is 101 Å². The number of nitrogens with one attached hydrogen (secondary N) is 1. The molecule has 0 saturated carbocycles. The van der Waals surface area contributed by atoms with Crippen LogP contribution in [0.4, 0.5) is 0 Å². The van der Waals surface area contributed by atoms with Gasteiger partial charge in [-0.1, -0.05) is 18.2 Å². The van der Waals surface area contributed by atoms with E-state index in [-0.39, 0.29) is 5.69 Å². The minimum atomic E-state index is -0.933. The molecule has 0 aliphatic rings. The third kappa shape index (κ3) is 1.72. The van der Waals surface area contributed by atoms with E-state index in [1.54, 1.807) is 23.5 Å². The van der Waals surface area contributed by atoms with E-state index in [0.29, 0.717) is 0 Å². The van der Waals surface area contributed by atoms with Crippen LogP contribution in [0.1, 0.15) is 10.5 Å². The highest BCUT2D eigenvalue weighted by atomic mass is 32.1. The Bertz CT molecular complexity index is 663. The zero-order valence-corrected chi connectivity index (χ0v) is 9.62. The number of hydrogen-bond acceptors (Lipinski definition) is 2. The Morgan fingerprint density at radius 2 is 2.00 bits per heavy atom. The number of aromatic carboxylic acids is 1. The van der Waals surface area contributed by atoms with Gasteiger partial charge in [0.05, 0.1) is 10.6 Å². The van der Waals surface area contributed by atoms with Gasteiger partial charge in [0.25, 0.3) is 0 Å². The summed E-state index contributed by atoms with van der Waals surface area (Å²) in [6, 6.07) is 13.6. The van der Waals surface area contributed by atoms with E-state index in [2.05, 4.69) is 23.2 Å². The Hall–Kier alpha value is -2.07. The third-order valence-electron chi connectivity index (χ3n) is 2.61. The molecule has 2 heterocycles. The number of H-pyrrole nitrogens is 1. The summed E-state index contributed by atoms with van der Waals surface area (Å²) in [5.41, 5.74) is 1.07. The van der Waals surface area contributed by atoms with Crippen LogP contribution >= 0.6 is 11.3 Å². The average Bonchev–Trinajstić information content (AvgIpc) is 2.95. The van der Waals surface area contributed by atoms with Crippen molar-refractivity contribution >= 4 is 27.4 Å². The number of aromatic amines is 1. The van der Waals surface area contributed by atoms with Crippen molar-refractivity contribution in [2.75, 3.05) is 0 Å². The van der Waals surface area contributed by atoms with Crippen LogP contribution in [0.5, 0.6) is 0 Å². The van der Waals surface area contributed by atoms with Crippen molar-refractivity contribution in [3.8, 4) is 10.6 Å². The Morgan fingerprint density at radius 3 is 2.71 bits per heavy atom. The van der Waals surface area contributed by atoms with E-state index in [0.717, 1.165) is 10.6 Å². The van der Waals surface area contributed by atoms with Gasteiger partial charge in [0.2, 0.25) is 0 Å². The SMILES string of the molecule is O=C(O)c1ccc(-c2cc3ccccc3s2)[nH]1. The first-order valence-electron chi connectivity index (χ1n) is 5.15. The predicted molar refractivity (Wildman–Crippen MR) is 68.6 cm³/mol. The van der Waals surface area contributed by atoms with Crippen molar-refractivity contribution < 1.29 is 9.90 Å². The zero-order valence-electron chi connectivity index (χ0n) is 8.81. The number of rotatable bonds is 2. The van der Waals surface area contributed by atoms with Crippen molar-refractivity contribution in [1.29, 1.82) is 0 Å². The predicted octanol–water partition coefficient (Wildman–Crippen LogP) is 3.59. The summed E-state index contributed by atoms with van der Waals surface area (Å²) < 4.78 is 1.20. The largest absolute Gasteiger partial charge is 0.477 e. The number of carboxylic acids is 1. The molecule has 17 heavy (non-hydrogen) atoms. The topological polar surface area (TPSA) is 53.1 Å². The number of thiophene rings is 1. The van der Waals surface area contributed by atoms with Crippen LogP contribution in [0.2, 0.25) is 0 Å². The van der Waals surface area contributed by atoms with Crippen LogP contribution in [0.25, 0.3) is 20.7 Å². The lowest BCUT2D eigenvalue weighted by Crippen LogP contribution is -1.95. The molecule has 0 spiro atoms. The lowest BCUT2D eigenvalue weighted by atomic mass is 10.2. The van der Waals surface area contributed by atoms with Crippen LogP contribution in [-0.4, -0.2) is 16.1 Å². The molecule has 0 saturated heterocycles. The van der Waals surface area contributed by atoms with E-state index >= 15 is 0 Å². The minimum Gasteiger partial charge on any atom is -0.477 e. The van der Waals surface area contributed by atoms with Crippen LogP contribution < -0.4 is 0 Å². The van der Waals surface area contributed by atoms with Gasteiger partial charge < -0.3 is 10.1 Å². The maximum absolute atomic E-state index is 10.8. The summed E-state index contributed by atoms with van der Waals surface area (Å²) in [7, 11) is 0. The van der Waals surface area contributed by atoms with Gasteiger partial charge in [0, 0.05) is 4.70 Å². The molecular formula is C13H9NO2S. The number of carbonyl (C=O) groups is 1. The summed E-state index contributed by atoms with van der Waals surface area (Å²) in [5, 5.41) is 10.0. The van der Waals surface area contributed by atoms with Crippen LogP contribution in [0, 0.1) is 0 Å². The first-order chi connectivity index (χ1) is 8.24. The number of hydrogen-bond donors (Lipinski definition) is 2. The molecule has 0 aliphatic carbocycles. The van der Waals surface area contributed by atoms with Crippen LogP contribution in [0.3, 0.4) is 0 Å². The fourth-order valence-corrected chi connectivity index (χ4v) is 2.82. The Balaban J connectivity index is 2.10. The van der Waals surface area contributed by atoms with Crippen molar-refractivity contribution in [3.05, 3.63) is 48.2 Å². The van der Waals surface area contributed by atoms with E-state index in [1.807, 2.05) is 12.1 Å². The normalized spacial score (nSPS) is 10.8. The second-order valence-electron chi connectivity index (χ2n) is 3.74. The highest BCUT2D eigenvalue weighted by Crippen LogP contribution is 2.32. The Morgan fingerprint density at radius 1 is 1.18 bits per heavy atom. The lowest BCUT2D eigenvalue weighted by molar-refractivity contribution is 0.0691. The third-order valence-corrected chi connectivity index (χ3v) is 3.76. The van der Waals surface area contributed by atoms with Gasteiger partial charge in [-0.25, -0.2) is 4.79 Å². The molecule has 0 amide bonds. The molecule has 3 rings (SSSR count). The molecule has 2 N–H and O–H groups in total. The number of aromatic nitrogens is 1. The van der Waals surface area contributed by atoms with Crippen LogP contribution in [0.15, 0.2) is 42.5 Å². The fraction of sp³-hybridized carbons (Fsp3) is 0. The monoisotopic (exact) mass is 243 g/mol. The maximum atomic E-state index is 10.8. The van der Waals surface area contributed by atoms with Gasteiger partial charge in [-0.2, -0.15) is 0 Å². The van der Waals surface area contributed by atoms with Gasteiger partial charge in [-0.15, -0.1) is 11.3 Å². The van der Waals surface area contributed by atoms with Gasteiger partial charge >= 0.3 is 5.97 Å². The molecule has 1 aromatic carbocycles. The first kappa shape index (κ1) is 10.1. The first-order valence-corrected chi connectivity index (χ1v) is 5.97. The van der Waals surface area contributed by atoms with Gasteiger partial charge in [-0.05, 0) is 29.7 Å². The molecule has 0 radical (unpaired) electrons. The number of fused-ring (bicyclic) bond motifs is 1. The Kier molecular flexibility index (Phi) is 2.23. The highest BCUT2D eigenvalue weighted by molar-refractivity contribution is 7.22. The standard InChI is InChI=1S/C13H9NO2S/c15-13(16)10-6-5-9(14-10)12-7-8-3-1-2-4-11(8)17-12/h1-7,14H,(H,15,16). The molecule has 84 valence electrons. The minimum absolute atomic E-state index is 0.220. The van der Waals surface area contributed by atoms with Crippen molar-refractivity contribution in [2.45, 2.75) is 0 Å². The van der Waals surface area contributed by atoms with E-state index in [9.17, 15) is 4.79 Å². The molecule has 4 heteroatoms. The highest BCUT2D eigenvalue weighted by Gasteiger charge is 2.09. The molecule has 0 unspecified atom stereocenters. The van der Waals surface area contributed by atoms with E-state index < -0.39 is 5.97 Å². The summed E-state index contributed by atoms with van der Waals surface area (Å²) in [5.74, 6) is -0.933. The summed E-state index contributed by atoms with van der Waals surface area (Å²) in [6.07, 6.45) is 0. The average molecular weight is 243 g/mol. The fourth-order valence-electron chi connectivity index (χ4n) is 1.78. The number of carboxylic acid groups (broad SMARTS) is 1. The number of benzene rings is 1. The van der Waals surface area contributed by atoms with Crippen molar-refractivity contribution in [3.63, 3.8) is 0 Å². The second-order valence-corrected chi connectivity index (χ2v) is 4.82. The lowest BCUT2D eigenvalue weighted by Gasteiger charge is -1.90. The quantitative estimate of drug-likeness (QED) is 0.722. The smallest absolute Gasteiger partial charge is 0.352 e. The summed E-state index contributed by atoms with van der Waals surface area (Å²) in [4.78, 5) is 14.7. The van der Waals surface area contributed by atoms with Crippen molar-refractivity contribution in [1.82, 2.24) is 4.98 Å². The molecule has 0 atom stereocenters. The van der Waals surface area contributed by atoms with Gasteiger partial charge in [0.15, 0.2) is 0 Å². The van der Waals surface area contributed by atoms with Gasteiger partial charge in [0.1, 0.15) is 5.69 Å². The van der Waals surface area contributed by atoms with Gasteiger partial charge in [-0.3, -0.25) is 0 Å². The van der Waals surface area contributed by atoms with E-state index in [1.165, 1.54) is 10.1 Å². The molecule has 2 aromatic heterocycles. The summed E-state index contributed by atoms with van der Waals surface area (Å²) in [6.45, 7) is 0.